The van der Waals surface area contributed by atoms with E-state index >= 15 is 0 Å². The Hall–Kier alpha value is -1.51. The lowest BCUT2D eigenvalue weighted by atomic mass is 10.2. The van der Waals surface area contributed by atoms with Gasteiger partial charge in [0, 0.05) is 13.1 Å². The molecule has 0 unspecified atom stereocenters. The Morgan fingerprint density at radius 2 is 1.82 bits per heavy atom. The highest BCUT2D eigenvalue weighted by molar-refractivity contribution is 5.75. The fourth-order valence-electron chi connectivity index (χ4n) is 2.51. The summed E-state index contributed by atoms with van der Waals surface area (Å²) in [5.41, 5.74) is 2.30. The van der Waals surface area contributed by atoms with Crippen LogP contribution in [0.5, 0.6) is 0 Å². The summed E-state index contributed by atoms with van der Waals surface area (Å²) in [5, 5.41) is 0. The number of para-hydroxylation sites is 2. The molecule has 2 aromatic rings. The molecule has 0 spiro atoms. The first-order valence-electron chi connectivity index (χ1n) is 6.49. The lowest BCUT2D eigenvalue weighted by Crippen LogP contribution is -2.24. The maximum absolute atomic E-state index is 12.3. The van der Waals surface area contributed by atoms with E-state index in [9.17, 15) is 4.79 Å². The SMILES string of the molecule is CCn1c(=O)n(CCC2CC2)c2ccccc21. The van der Waals surface area contributed by atoms with E-state index in [-0.39, 0.29) is 5.69 Å². The number of hydrogen-bond donors (Lipinski definition) is 0. The van der Waals surface area contributed by atoms with Crippen LogP contribution in [0, 0.1) is 5.92 Å². The molecule has 1 heterocycles. The summed E-state index contributed by atoms with van der Waals surface area (Å²) in [5.74, 6) is 0.866. The van der Waals surface area contributed by atoms with Crippen LogP contribution in [0.3, 0.4) is 0 Å². The third-order valence-electron chi connectivity index (χ3n) is 3.70. The summed E-state index contributed by atoms with van der Waals surface area (Å²) >= 11 is 0. The monoisotopic (exact) mass is 230 g/mol. The fourth-order valence-corrected chi connectivity index (χ4v) is 2.51. The minimum absolute atomic E-state index is 0.148. The Balaban J connectivity index is 2.08. The van der Waals surface area contributed by atoms with Gasteiger partial charge >= 0.3 is 5.69 Å². The highest BCUT2D eigenvalue weighted by Gasteiger charge is 2.22. The lowest BCUT2D eigenvalue weighted by Gasteiger charge is -2.01. The van der Waals surface area contributed by atoms with Crippen LogP contribution in [0.4, 0.5) is 0 Å². The molecule has 1 aliphatic rings. The van der Waals surface area contributed by atoms with Gasteiger partial charge in [-0.3, -0.25) is 9.13 Å². The highest BCUT2D eigenvalue weighted by atomic mass is 16.1. The van der Waals surface area contributed by atoms with Gasteiger partial charge in [-0.15, -0.1) is 0 Å². The smallest absolute Gasteiger partial charge is 0.292 e. The summed E-state index contributed by atoms with van der Waals surface area (Å²) in [6.07, 6.45) is 3.85. The third-order valence-corrected chi connectivity index (χ3v) is 3.70. The molecule has 0 amide bonds. The van der Waals surface area contributed by atoms with Crippen molar-refractivity contribution in [3.05, 3.63) is 34.7 Å². The standard InChI is InChI=1S/C14H18N2O/c1-2-15-12-5-3-4-6-13(12)16(14(15)17)10-9-11-7-8-11/h3-6,11H,2,7-10H2,1H3. The number of rotatable bonds is 4. The molecule has 1 aliphatic carbocycles. The van der Waals surface area contributed by atoms with Crippen LogP contribution in [-0.2, 0) is 13.1 Å². The number of benzene rings is 1. The zero-order valence-corrected chi connectivity index (χ0v) is 10.2. The molecule has 0 saturated heterocycles. The van der Waals surface area contributed by atoms with E-state index in [1.165, 1.54) is 12.8 Å². The molecule has 90 valence electrons. The Morgan fingerprint density at radius 1 is 1.18 bits per heavy atom. The maximum Gasteiger partial charge on any atom is 0.329 e. The molecule has 0 aliphatic heterocycles. The summed E-state index contributed by atoms with van der Waals surface area (Å²) < 4.78 is 3.80. The van der Waals surface area contributed by atoms with Gasteiger partial charge in [0.05, 0.1) is 11.0 Å². The first kappa shape index (κ1) is 10.6. The molecule has 1 aromatic carbocycles. The van der Waals surface area contributed by atoms with Gasteiger partial charge in [-0.2, -0.15) is 0 Å². The predicted octanol–water partition coefficient (Wildman–Crippen LogP) is 2.62. The number of aromatic nitrogens is 2. The molecule has 1 aromatic heterocycles. The van der Waals surface area contributed by atoms with E-state index in [1.807, 2.05) is 34.3 Å². The lowest BCUT2D eigenvalue weighted by molar-refractivity contribution is 0.576. The molecule has 0 atom stereocenters. The second kappa shape index (κ2) is 4.06. The number of nitrogens with zero attached hydrogens (tertiary/aromatic N) is 2. The molecule has 1 saturated carbocycles. The molecular formula is C14H18N2O. The van der Waals surface area contributed by atoms with Crippen molar-refractivity contribution in [2.45, 2.75) is 39.3 Å². The number of imidazole rings is 1. The molecule has 17 heavy (non-hydrogen) atoms. The van der Waals surface area contributed by atoms with Gasteiger partial charge in [-0.05, 0) is 31.4 Å². The number of hydrogen-bond acceptors (Lipinski definition) is 1. The Bertz CT molecular complexity index is 590. The maximum atomic E-state index is 12.3. The molecule has 0 N–H and O–H groups in total. The van der Waals surface area contributed by atoms with Crippen LogP contribution in [0.1, 0.15) is 26.2 Å². The van der Waals surface area contributed by atoms with Crippen molar-refractivity contribution in [2.75, 3.05) is 0 Å². The van der Waals surface area contributed by atoms with Crippen molar-refractivity contribution >= 4 is 11.0 Å². The topological polar surface area (TPSA) is 26.9 Å². The van der Waals surface area contributed by atoms with Crippen LogP contribution < -0.4 is 5.69 Å². The van der Waals surface area contributed by atoms with Crippen molar-refractivity contribution in [1.29, 1.82) is 0 Å². The van der Waals surface area contributed by atoms with Crippen LogP contribution >= 0.6 is 0 Å². The molecule has 0 bridgehead atoms. The average molecular weight is 230 g/mol. The molecule has 3 rings (SSSR count). The second-order valence-corrected chi connectivity index (χ2v) is 4.90. The van der Waals surface area contributed by atoms with E-state index in [1.54, 1.807) is 0 Å². The third kappa shape index (κ3) is 1.79. The van der Waals surface area contributed by atoms with Gasteiger partial charge in [0.15, 0.2) is 0 Å². The first-order chi connectivity index (χ1) is 8.31. The Morgan fingerprint density at radius 3 is 2.41 bits per heavy atom. The van der Waals surface area contributed by atoms with E-state index in [0.717, 1.165) is 36.5 Å². The van der Waals surface area contributed by atoms with Crippen LogP contribution in [0.2, 0.25) is 0 Å². The van der Waals surface area contributed by atoms with Crippen LogP contribution in [0.25, 0.3) is 11.0 Å². The van der Waals surface area contributed by atoms with Gasteiger partial charge in [-0.1, -0.05) is 25.0 Å². The zero-order valence-electron chi connectivity index (χ0n) is 10.2. The molecule has 0 radical (unpaired) electrons. The molecule has 3 heteroatoms. The average Bonchev–Trinajstić information content (AvgIpc) is 3.12. The summed E-state index contributed by atoms with van der Waals surface area (Å²) in [4.78, 5) is 12.3. The largest absolute Gasteiger partial charge is 0.329 e. The van der Waals surface area contributed by atoms with Gasteiger partial charge in [0.25, 0.3) is 0 Å². The molecular weight excluding hydrogens is 212 g/mol. The van der Waals surface area contributed by atoms with Gasteiger partial charge in [-0.25, -0.2) is 4.79 Å². The normalized spacial score (nSPS) is 15.6. The summed E-state index contributed by atoms with van der Waals surface area (Å²) in [7, 11) is 0. The quantitative estimate of drug-likeness (QED) is 0.793. The summed E-state index contributed by atoms with van der Waals surface area (Å²) in [6, 6.07) is 8.10. The summed E-state index contributed by atoms with van der Waals surface area (Å²) in [6.45, 7) is 3.64. The van der Waals surface area contributed by atoms with Crippen molar-refractivity contribution in [3.8, 4) is 0 Å². The van der Waals surface area contributed by atoms with E-state index in [0.29, 0.717) is 0 Å². The van der Waals surface area contributed by atoms with E-state index in [4.69, 9.17) is 0 Å². The van der Waals surface area contributed by atoms with Crippen molar-refractivity contribution in [3.63, 3.8) is 0 Å². The minimum Gasteiger partial charge on any atom is -0.292 e. The Kier molecular flexibility index (Phi) is 2.54. The second-order valence-electron chi connectivity index (χ2n) is 4.90. The minimum atomic E-state index is 0.148. The van der Waals surface area contributed by atoms with Crippen molar-refractivity contribution in [1.82, 2.24) is 9.13 Å². The molecule has 1 fully saturated rings. The zero-order chi connectivity index (χ0) is 11.8. The van der Waals surface area contributed by atoms with Gasteiger partial charge < -0.3 is 0 Å². The number of fused-ring (bicyclic) bond motifs is 1. The predicted molar refractivity (Wildman–Crippen MR) is 69.2 cm³/mol. The van der Waals surface area contributed by atoms with E-state index < -0.39 is 0 Å². The Labute approximate surface area is 101 Å². The first-order valence-corrected chi connectivity index (χ1v) is 6.49. The highest BCUT2D eigenvalue weighted by Crippen LogP contribution is 2.32. The van der Waals surface area contributed by atoms with Crippen LogP contribution in [-0.4, -0.2) is 9.13 Å². The van der Waals surface area contributed by atoms with Gasteiger partial charge in [0.1, 0.15) is 0 Å². The number of aryl methyl sites for hydroxylation is 2. The molecule has 3 nitrogen and oxygen atoms in total. The van der Waals surface area contributed by atoms with Gasteiger partial charge in [0.2, 0.25) is 0 Å². The fraction of sp³-hybridized carbons (Fsp3) is 0.500. The van der Waals surface area contributed by atoms with Crippen LogP contribution in [0.15, 0.2) is 29.1 Å². The van der Waals surface area contributed by atoms with Crippen molar-refractivity contribution < 1.29 is 0 Å². The van der Waals surface area contributed by atoms with Crippen molar-refractivity contribution in [2.24, 2.45) is 5.92 Å². The van der Waals surface area contributed by atoms with E-state index in [2.05, 4.69) is 6.07 Å².